The van der Waals surface area contributed by atoms with E-state index in [-0.39, 0.29) is 6.04 Å². The average molecular weight is 311 g/mol. The molecule has 0 aliphatic heterocycles. The predicted molar refractivity (Wildman–Crippen MR) is 90.3 cm³/mol. The highest BCUT2D eigenvalue weighted by Gasteiger charge is 2.25. The van der Waals surface area contributed by atoms with Gasteiger partial charge in [-0.25, -0.2) is 9.78 Å². The van der Waals surface area contributed by atoms with E-state index in [1.807, 2.05) is 44.4 Å². The summed E-state index contributed by atoms with van der Waals surface area (Å²) < 4.78 is 7.23. The van der Waals surface area contributed by atoms with Crippen LogP contribution >= 0.6 is 0 Å². The number of aromatic nitrogens is 2. The van der Waals surface area contributed by atoms with Gasteiger partial charge < -0.3 is 14.5 Å². The van der Waals surface area contributed by atoms with Gasteiger partial charge in [-0.1, -0.05) is 11.5 Å². The molecule has 2 heterocycles. The van der Waals surface area contributed by atoms with Gasteiger partial charge in [-0.05, 0) is 52.0 Å². The Kier molecular flexibility index (Phi) is 3.86. The molecular formula is C17H22BN3O2. The molecular weight excluding hydrogens is 289 g/mol. The highest BCUT2D eigenvalue weighted by atomic mass is 16.6. The summed E-state index contributed by atoms with van der Waals surface area (Å²) in [5, 5.41) is 2.81. The zero-order valence-electron chi connectivity index (χ0n) is 14.1. The number of carbonyl (C=O) groups excluding carboxylic acids is 1. The molecule has 1 aliphatic rings. The molecule has 2 aromatic rings. The van der Waals surface area contributed by atoms with Crippen LogP contribution in [0.2, 0.25) is 0 Å². The number of ether oxygens (including phenoxy) is 1. The van der Waals surface area contributed by atoms with Crippen molar-refractivity contribution < 1.29 is 9.53 Å². The van der Waals surface area contributed by atoms with Crippen LogP contribution in [0.3, 0.4) is 0 Å². The molecule has 0 bridgehead atoms. The molecule has 0 aromatic carbocycles. The molecule has 1 N–H and O–H groups in total. The van der Waals surface area contributed by atoms with Gasteiger partial charge in [-0.15, -0.1) is 0 Å². The second-order valence-electron chi connectivity index (χ2n) is 7.27. The topological polar surface area (TPSA) is 55.6 Å². The molecule has 0 unspecified atom stereocenters. The SMILES string of the molecule is [B]c1cc(C2CC2)cn2cc([C@@H](C)NC(=O)OC(C)(C)C)nc12. The van der Waals surface area contributed by atoms with Crippen LogP contribution in [0.25, 0.3) is 5.65 Å². The summed E-state index contributed by atoms with van der Waals surface area (Å²) in [7, 11) is 6.13. The molecule has 1 atom stereocenters. The summed E-state index contributed by atoms with van der Waals surface area (Å²) in [6.07, 6.45) is 6.00. The van der Waals surface area contributed by atoms with Crippen molar-refractivity contribution in [3.05, 3.63) is 29.7 Å². The van der Waals surface area contributed by atoms with E-state index in [4.69, 9.17) is 12.6 Å². The molecule has 1 aliphatic carbocycles. The summed E-state index contributed by atoms with van der Waals surface area (Å²) in [5.41, 5.74) is 2.89. The Balaban J connectivity index is 1.79. The number of nitrogens with zero attached hydrogens (tertiary/aromatic N) is 2. The van der Waals surface area contributed by atoms with Crippen LogP contribution in [0, 0.1) is 0 Å². The summed E-state index contributed by atoms with van der Waals surface area (Å²) in [6.45, 7) is 7.39. The fourth-order valence-electron chi connectivity index (χ4n) is 2.57. The Hall–Kier alpha value is -1.98. The third-order valence-corrected chi connectivity index (χ3v) is 3.85. The van der Waals surface area contributed by atoms with Crippen molar-refractivity contribution in [1.29, 1.82) is 0 Å². The number of hydrogen-bond acceptors (Lipinski definition) is 3. The lowest BCUT2D eigenvalue weighted by Gasteiger charge is -2.21. The zero-order chi connectivity index (χ0) is 16.8. The molecule has 1 fully saturated rings. The first-order chi connectivity index (χ1) is 10.7. The van der Waals surface area contributed by atoms with Gasteiger partial charge in [0, 0.05) is 12.4 Å². The number of carbonyl (C=O) groups is 1. The average Bonchev–Trinajstić information content (AvgIpc) is 3.15. The van der Waals surface area contributed by atoms with Crippen molar-refractivity contribution in [2.75, 3.05) is 0 Å². The Morgan fingerprint density at radius 1 is 1.43 bits per heavy atom. The first-order valence-electron chi connectivity index (χ1n) is 8.00. The highest BCUT2D eigenvalue weighted by Crippen LogP contribution is 2.39. The molecule has 0 spiro atoms. The number of imidazole rings is 1. The minimum Gasteiger partial charge on any atom is -0.444 e. The van der Waals surface area contributed by atoms with E-state index in [0.29, 0.717) is 11.4 Å². The van der Waals surface area contributed by atoms with E-state index in [1.165, 1.54) is 18.4 Å². The number of hydrogen-bond donors (Lipinski definition) is 1. The van der Waals surface area contributed by atoms with Gasteiger partial charge in [0.1, 0.15) is 19.1 Å². The Labute approximate surface area is 137 Å². The first kappa shape index (κ1) is 15.9. The lowest BCUT2D eigenvalue weighted by molar-refractivity contribution is 0.0507. The van der Waals surface area contributed by atoms with E-state index in [9.17, 15) is 4.79 Å². The molecule has 0 saturated heterocycles. The fourth-order valence-corrected chi connectivity index (χ4v) is 2.57. The van der Waals surface area contributed by atoms with Gasteiger partial charge in [-0.3, -0.25) is 0 Å². The van der Waals surface area contributed by atoms with Crippen LogP contribution < -0.4 is 10.8 Å². The molecule has 3 rings (SSSR count). The van der Waals surface area contributed by atoms with Crippen LogP contribution in [0.4, 0.5) is 4.79 Å². The second-order valence-corrected chi connectivity index (χ2v) is 7.27. The van der Waals surface area contributed by atoms with Gasteiger partial charge in [0.15, 0.2) is 0 Å². The van der Waals surface area contributed by atoms with Crippen LogP contribution in [-0.4, -0.2) is 28.9 Å². The van der Waals surface area contributed by atoms with E-state index in [0.717, 1.165) is 11.3 Å². The van der Waals surface area contributed by atoms with Gasteiger partial charge in [0.05, 0.1) is 11.7 Å². The van der Waals surface area contributed by atoms with Crippen molar-refractivity contribution in [2.45, 2.75) is 58.1 Å². The van der Waals surface area contributed by atoms with Crippen molar-refractivity contribution in [1.82, 2.24) is 14.7 Å². The third kappa shape index (κ3) is 3.68. The zero-order valence-corrected chi connectivity index (χ0v) is 14.1. The van der Waals surface area contributed by atoms with Crippen LogP contribution in [0.5, 0.6) is 0 Å². The summed E-state index contributed by atoms with van der Waals surface area (Å²) in [5.74, 6) is 0.630. The molecule has 2 aromatic heterocycles. The monoisotopic (exact) mass is 311 g/mol. The van der Waals surface area contributed by atoms with Crippen LogP contribution in [-0.2, 0) is 4.74 Å². The smallest absolute Gasteiger partial charge is 0.408 e. The summed E-state index contributed by atoms with van der Waals surface area (Å²) in [4.78, 5) is 16.4. The third-order valence-electron chi connectivity index (χ3n) is 3.85. The van der Waals surface area contributed by atoms with E-state index in [2.05, 4.69) is 16.5 Å². The van der Waals surface area contributed by atoms with Crippen molar-refractivity contribution in [2.24, 2.45) is 0 Å². The molecule has 6 heteroatoms. The Morgan fingerprint density at radius 3 is 2.74 bits per heavy atom. The van der Waals surface area contributed by atoms with Crippen molar-refractivity contribution >= 4 is 25.0 Å². The molecule has 23 heavy (non-hydrogen) atoms. The quantitative estimate of drug-likeness (QED) is 0.887. The van der Waals surface area contributed by atoms with Gasteiger partial charge in [-0.2, -0.15) is 0 Å². The maximum atomic E-state index is 11.9. The number of alkyl carbamates (subject to hydrolysis) is 1. The van der Waals surface area contributed by atoms with E-state index < -0.39 is 11.7 Å². The lowest BCUT2D eigenvalue weighted by atomic mass is 9.95. The minimum atomic E-state index is -0.522. The van der Waals surface area contributed by atoms with Gasteiger partial charge >= 0.3 is 6.09 Å². The summed E-state index contributed by atoms with van der Waals surface area (Å²) in [6, 6.07) is 1.75. The number of fused-ring (bicyclic) bond motifs is 1. The van der Waals surface area contributed by atoms with Crippen molar-refractivity contribution in [3.8, 4) is 0 Å². The fraction of sp³-hybridized carbons (Fsp3) is 0.529. The van der Waals surface area contributed by atoms with Crippen molar-refractivity contribution in [3.63, 3.8) is 0 Å². The van der Waals surface area contributed by atoms with Crippen LogP contribution in [0.1, 0.15) is 63.8 Å². The molecule has 1 saturated carbocycles. The summed E-state index contributed by atoms with van der Waals surface area (Å²) >= 11 is 0. The lowest BCUT2D eigenvalue weighted by Crippen LogP contribution is -2.34. The number of rotatable bonds is 3. The maximum absolute atomic E-state index is 11.9. The van der Waals surface area contributed by atoms with E-state index >= 15 is 0 Å². The molecule has 2 radical (unpaired) electrons. The highest BCUT2D eigenvalue weighted by molar-refractivity contribution is 6.36. The normalized spacial score (nSPS) is 16.3. The van der Waals surface area contributed by atoms with Gasteiger partial charge in [0.25, 0.3) is 0 Å². The number of pyridine rings is 1. The van der Waals surface area contributed by atoms with Crippen LogP contribution in [0.15, 0.2) is 18.5 Å². The van der Waals surface area contributed by atoms with E-state index in [1.54, 1.807) is 0 Å². The molecule has 5 nitrogen and oxygen atoms in total. The molecule has 120 valence electrons. The number of amides is 1. The first-order valence-corrected chi connectivity index (χ1v) is 8.00. The standard InChI is InChI=1S/C17H22BN3O2/c1-10(19-16(22)23-17(2,3)4)14-9-21-8-12(11-5-6-11)7-13(18)15(21)20-14/h7-11H,5-6H2,1-4H3,(H,19,22)/t10-/m1/s1. The molecule has 1 amide bonds. The maximum Gasteiger partial charge on any atom is 0.408 e. The number of nitrogens with one attached hydrogen (secondary N) is 1. The predicted octanol–water partition coefficient (Wildman–Crippen LogP) is 2.59. The Morgan fingerprint density at radius 2 is 2.13 bits per heavy atom. The van der Waals surface area contributed by atoms with Gasteiger partial charge in [0.2, 0.25) is 0 Å². The Bertz CT molecular complexity index is 744. The minimum absolute atomic E-state index is 0.256. The second kappa shape index (κ2) is 5.58. The largest absolute Gasteiger partial charge is 0.444 e.